The minimum atomic E-state index is -0.918. The highest BCUT2D eigenvalue weighted by Crippen LogP contribution is 2.07. The van der Waals surface area contributed by atoms with Gasteiger partial charge in [-0.3, -0.25) is 19.2 Å². The zero-order valence-electron chi connectivity index (χ0n) is 19.8. The van der Waals surface area contributed by atoms with Gasteiger partial charge in [-0.2, -0.15) is 0 Å². The highest BCUT2D eigenvalue weighted by Gasteiger charge is 2.28. The first-order valence-electron chi connectivity index (χ1n) is 11.5. The second-order valence-corrected chi connectivity index (χ2v) is 8.36. The molecule has 0 unspecified atom stereocenters. The molecule has 0 aliphatic heterocycles. The monoisotopic (exact) mass is 460 g/mol. The van der Waals surface area contributed by atoms with Crippen LogP contribution in [0.15, 0.2) is 30.3 Å². The molecule has 3 amide bonds. The summed E-state index contributed by atoms with van der Waals surface area (Å²) in [6, 6.07) is 5.88. The highest BCUT2D eigenvalue weighted by molar-refractivity contribution is 5.93. The summed E-state index contributed by atoms with van der Waals surface area (Å²) >= 11 is 0. The van der Waals surface area contributed by atoms with Gasteiger partial charge in [0.15, 0.2) is 0 Å². The van der Waals surface area contributed by atoms with Gasteiger partial charge in [0.2, 0.25) is 24.0 Å². The third-order valence-electron chi connectivity index (χ3n) is 5.61. The Balaban J connectivity index is 2.84. The molecule has 0 fully saturated rings. The number of amides is 3. The topological polar surface area (TPSA) is 156 Å². The maximum Gasteiger partial charge on any atom is 0.243 e. The highest BCUT2D eigenvalue weighted by atomic mass is 16.2. The lowest BCUT2D eigenvalue weighted by Crippen LogP contribution is -2.56. The summed E-state index contributed by atoms with van der Waals surface area (Å²) in [5.74, 6) is -1.53. The van der Waals surface area contributed by atoms with Crippen LogP contribution in [0.4, 0.5) is 0 Å². The average Bonchev–Trinajstić information content (AvgIpc) is 2.81. The molecule has 0 aliphatic carbocycles. The summed E-state index contributed by atoms with van der Waals surface area (Å²) in [5, 5.41) is 7.95. The largest absolute Gasteiger partial charge is 0.344 e. The maximum atomic E-state index is 13.0. The number of benzene rings is 1. The second-order valence-electron chi connectivity index (χ2n) is 8.36. The molecule has 9 nitrogen and oxygen atoms in total. The van der Waals surface area contributed by atoms with Crippen LogP contribution in [0.3, 0.4) is 0 Å². The lowest BCUT2D eigenvalue weighted by molar-refractivity contribution is -0.132. The van der Waals surface area contributed by atoms with Crippen molar-refractivity contribution in [2.24, 2.45) is 17.4 Å². The molecule has 183 valence electrons. The SMILES string of the molecule is CC[C@H](C)[C@@H]([C]=O)NC(=O)[C@H](C)NC(=O)[C@H](Cc1ccccc1)NC(=O)[C@@H](N)CCCCN. The molecule has 0 saturated heterocycles. The van der Waals surface area contributed by atoms with Gasteiger partial charge in [0.1, 0.15) is 12.1 Å². The van der Waals surface area contributed by atoms with E-state index in [0.29, 0.717) is 25.8 Å². The van der Waals surface area contributed by atoms with Crippen LogP contribution in [-0.2, 0) is 25.6 Å². The van der Waals surface area contributed by atoms with Crippen molar-refractivity contribution >= 4 is 24.0 Å². The van der Waals surface area contributed by atoms with Gasteiger partial charge in [0, 0.05) is 6.42 Å². The third-order valence-corrected chi connectivity index (χ3v) is 5.61. The van der Waals surface area contributed by atoms with Gasteiger partial charge >= 0.3 is 0 Å². The predicted molar refractivity (Wildman–Crippen MR) is 128 cm³/mol. The van der Waals surface area contributed by atoms with Crippen molar-refractivity contribution in [1.82, 2.24) is 16.0 Å². The van der Waals surface area contributed by atoms with Crippen LogP contribution >= 0.6 is 0 Å². The first kappa shape index (κ1) is 28.3. The van der Waals surface area contributed by atoms with Crippen molar-refractivity contribution in [3.63, 3.8) is 0 Å². The van der Waals surface area contributed by atoms with E-state index in [2.05, 4.69) is 16.0 Å². The van der Waals surface area contributed by atoms with Gasteiger partial charge in [0.05, 0.1) is 12.1 Å². The van der Waals surface area contributed by atoms with E-state index in [1.165, 1.54) is 6.92 Å². The average molecular weight is 461 g/mol. The van der Waals surface area contributed by atoms with Crippen LogP contribution in [0, 0.1) is 5.92 Å². The van der Waals surface area contributed by atoms with E-state index in [1.54, 1.807) is 0 Å². The van der Waals surface area contributed by atoms with Gasteiger partial charge in [-0.1, -0.05) is 57.0 Å². The van der Waals surface area contributed by atoms with E-state index >= 15 is 0 Å². The molecule has 1 aromatic carbocycles. The summed E-state index contributed by atoms with van der Waals surface area (Å²) in [6.07, 6.45) is 4.69. The van der Waals surface area contributed by atoms with Gasteiger partial charge in [0.25, 0.3) is 0 Å². The fourth-order valence-electron chi connectivity index (χ4n) is 3.16. The fraction of sp³-hybridized carbons (Fsp3) is 0.583. The van der Waals surface area contributed by atoms with E-state index in [1.807, 2.05) is 50.5 Å². The van der Waals surface area contributed by atoms with Crippen molar-refractivity contribution in [3.05, 3.63) is 35.9 Å². The van der Waals surface area contributed by atoms with Crippen molar-refractivity contribution in [1.29, 1.82) is 0 Å². The first-order chi connectivity index (χ1) is 15.7. The molecular formula is C24H38N5O4. The molecule has 1 aromatic rings. The molecule has 0 spiro atoms. The molecule has 0 aliphatic rings. The first-order valence-corrected chi connectivity index (χ1v) is 11.5. The molecule has 0 saturated carbocycles. The Kier molecular flexibility index (Phi) is 13.0. The normalized spacial score (nSPS) is 15.4. The summed E-state index contributed by atoms with van der Waals surface area (Å²) in [4.78, 5) is 49.3. The Morgan fingerprint density at radius 1 is 0.970 bits per heavy atom. The van der Waals surface area contributed by atoms with Crippen molar-refractivity contribution in [2.45, 2.75) is 77.0 Å². The van der Waals surface area contributed by atoms with E-state index in [0.717, 1.165) is 12.0 Å². The minimum Gasteiger partial charge on any atom is -0.344 e. The zero-order chi connectivity index (χ0) is 24.8. The smallest absolute Gasteiger partial charge is 0.243 e. The standard InChI is InChI=1S/C24H38N5O4/c1-4-16(2)21(15-30)29-22(31)17(3)27-24(33)20(14-18-10-6-5-7-11-18)28-23(32)19(26)12-8-9-13-25/h5-7,10-11,16-17,19-21H,4,8-9,12-14,25-26H2,1-3H3,(H,27,33)(H,28,32)(H,29,31)/t16-,17-,19-,20-,21+/m0/s1. The Morgan fingerprint density at radius 3 is 2.21 bits per heavy atom. The number of carbonyl (C=O) groups excluding carboxylic acids is 4. The predicted octanol–water partition coefficient (Wildman–Crippen LogP) is 0.316. The third kappa shape index (κ3) is 10.1. The molecule has 0 bridgehead atoms. The second kappa shape index (κ2) is 15.1. The molecule has 1 radical (unpaired) electrons. The van der Waals surface area contributed by atoms with Gasteiger partial charge in [-0.15, -0.1) is 0 Å². The Morgan fingerprint density at radius 2 is 1.64 bits per heavy atom. The lowest BCUT2D eigenvalue weighted by Gasteiger charge is -2.24. The Labute approximate surface area is 196 Å². The number of carbonyl (C=O) groups is 3. The van der Waals surface area contributed by atoms with E-state index in [-0.39, 0.29) is 12.3 Å². The van der Waals surface area contributed by atoms with E-state index < -0.39 is 41.9 Å². The molecule has 1 rings (SSSR count). The summed E-state index contributed by atoms with van der Waals surface area (Å²) in [6.45, 7) is 5.78. The number of rotatable bonds is 15. The number of hydrogen-bond donors (Lipinski definition) is 5. The van der Waals surface area contributed by atoms with Gasteiger partial charge in [-0.05, 0) is 37.8 Å². The fourth-order valence-corrected chi connectivity index (χ4v) is 3.16. The zero-order valence-corrected chi connectivity index (χ0v) is 19.8. The number of nitrogens with two attached hydrogens (primary N) is 2. The number of nitrogens with one attached hydrogen (secondary N) is 3. The van der Waals surface area contributed by atoms with Crippen LogP contribution in [0.5, 0.6) is 0 Å². The number of unbranched alkanes of at least 4 members (excludes halogenated alkanes) is 1. The van der Waals surface area contributed by atoms with Crippen LogP contribution < -0.4 is 27.4 Å². The molecule has 33 heavy (non-hydrogen) atoms. The molecule has 9 heteroatoms. The quantitative estimate of drug-likeness (QED) is 0.237. The molecule has 5 atom stereocenters. The maximum absolute atomic E-state index is 13.0. The van der Waals surface area contributed by atoms with Gasteiger partial charge < -0.3 is 27.4 Å². The van der Waals surface area contributed by atoms with Gasteiger partial charge in [-0.25, -0.2) is 0 Å². The van der Waals surface area contributed by atoms with Crippen molar-refractivity contribution in [3.8, 4) is 0 Å². The molecular weight excluding hydrogens is 422 g/mol. The minimum absolute atomic E-state index is 0.0831. The van der Waals surface area contributed by atoms with Crippen LogP contribution in [-0.4, -0.2) is 54.7 Å². The molecule has 7 N–H and O–H groups in total. The number of hydrogen-bond acceptors (Lipinski definition) is 6. The van der Waals surface area contributed by atoms with E-state index in [4.69, 9.17) is 11.5 Å². The summed E-state index contributed by atoms with van der Waals surface area (Å²) in [5.41, 5.74) is 12.3. The van der Waals surface area contributed by atoms with Crippen molar-refractivity contribution < 1.29 is 19.2 Å². The molecule has 0 heterocycles. The van der Waals surface area contributed by atoms with Crippen LogP contribution in [0.2, 0.25) is 0 Å². The van der Waals surface area contributed by atoms with Crippen LogP contribution in [0.25, 0.3) is 0 Å². The Bertz CT molecular complexity index is 758. The van der Waals surface area contributed by atoms with Crippen LogP contribution in [0.1, 0.15) is 52.0 Å². The summed E-state index contributed by atoms with van der Waals surface area (Å²) in [7, 11) is 0. The Hall–Kier alpha value is -2.78. The molecule has 0 aromatic heterocycles. The van der Waals surface area contributed by atoms with E-state index in [9.17, 15) is 19.2 Å². The van der Waals surface area contributed by atoms with Crippen molar-refractivity contribution in [2.75, 3.05) is 6.54 Å². The summed E-state index contributed by atoms with van der Waals surface area (Å²) < 4.78 is 0. The lowest BCUT2D eigenvalue weighted by atomic mass is 10.00.